The van der Waals surface area contributed by atoms with Crippen LogP contribution in [0.15, 0.2) is 30.9 Å². The largest absolute Gasteiger partial charge is 0.395 e. The second-order valence-electron chi connectivity index (χ2n) is 13.1. The van der Waals surface area contributed by atoms with Gasteiger partial charge in [0.2, 0.25) is 0 Å². The van der Waals surface area contributed by atoms with E-state index >= 15 is 0 Å². The number of nitrogens with two attached hydrogens (primary N) is 1. The Hall–Kier alpha value is -3.28. The number of hydrogen-bond acceptors (Lipinski definition) is 13. The monoisotopic (exact) mass is 626 g/mol. The van der Waals surface area contributed by atoms with E-state index in [1.165, 1.54) is 17.2 Å². The summed E-state index contributed by atoms with van der Waals surface area (Å²) < 4.78 is 7.56. The van der Waals surface area contributed by atoms with Gasteiger partial charge in [-0.05, 0) is 42.9 Å². The number of aromatic amines is 1. The molecule has 2 aliphatic rings. The number of aliphatic hydroxyl groups excluding tert-OH is 5. The normalized spacial score (nSPS) is 25.9. The summed E-state index contributed by atoms with van der Waals surface area (Å²) in [4.78, 5) is 22.0. The summed E-state index contributed by atoms with van der Waals surface area (Å²) in [5.41, 5.74) is 7.07. The first-order chi connectivity index (χ1) is 21.5. The Morgan fingerprint density at radius 1 is 1.07 bits per heavy atom. The summed E-state index contributed by atoms with van der Waals surface area (Å²) in [6.07, 6.45) is 0.955. The lowest BCUT2D eigenvalue weighted by Gasteiger charge is -2.50. The highest BCUT2D eigenvalue weighted by Crippen LogP contribution is 2.40. The third kappa shape index (κ3) is 5.79. The van der Waals surface area contributed by atoms with Crippen LogP contribution in [0.1, 0.15) is 50.7 Å². The van der Waals surface area contributed by atoms with Crippen LogP contribution < -0.4 is 5.73 Å². The fourth-order valence-electron chi connectivity index (χ4n) is 6.48. The van der Waals surface area contributed by atoms with Crippen LogP contribution >= 0.6 is 0 Å². The van der Waals surface area contributed by atoms with Crippen LogP contribution in [0.5, 0.6) is 0 Å². The van der Waals surface area contributed by atoms with Crippen molar-refractivity contribution in [3.8, 4) is 0 Å². The van der Waals surface area contributed by atoms with Gasteiger partial charge in [0.25, 0.3) is 0 Å². The second kappa shape index (κ2) is 12.1. The molecule has 0 radical (unpaired) electrons. The van der Waals surface area contributed by atoms with Gasteiger partial charge in [-0.2, -0.15) is 0 Å². The van der Waals surface area contributed by atoms with Gasteiger partial charge in [0.1, 0.15) is 36.0 Å². The minimum absolute atomic E-state index is 0.0425. The number of imidazole rings is 2. The van der Waals surface area contributed by atoms with E-state index in [4.69, 9.17) is 15.5 Å². The number of hydrogen-bond donors (Lipinski definition) is 8. The molecule has 1 aliphatic heterocycles. The molecular weight excluding hydrogens is 584 g/mol. The number of nitrogens with one attached hydrogen (secondary N) is 1. The van der Waals surface area contributed by atoms with Crippen molar-refractivity contribution in [2.24, 2.45) is 5.92 Å². The lowest BCUT2D eigenvalue weighted by molar-refractivity contribution is -0.206. The number of aliphatic hydroxyl groups is 6. The molecule has 15 heteroatoms. The maximum Gasteiger partial charge on any atom is 0.167 e. The summed E-state index contributed by atoms with van der Waals surface area (Å²) in [6, 6.07) is 5.78. The zero-order valence-corrected chi connectivity index (χ0v) is 25.4. The van der Waals surface area contributed by atoms with Crippen LogP contribution in [0.3, 0.4) is 0 Å². The van der Waals surface area contributed by atoms with Gasteiger partial charge in [-0.3, -0.25) is 9.47 Å². The summed E-state index contributed by atoms with van der Waals surface area (Å²) in [5, 5.41) is 62.9. The molecule has 2 fully saturated rings. The highest BCUT2D eigenvalue weighted by atomic mass is 16.6. The van der Waals surface area contributed by atoms with E-state index in [-0.39, 0.29) is 30.4 Å². The number of aromatic nitrogens is 6. The highest BCUT2D eigenvalue weighted by molar-refractivity contribution is 5.81. The van der Waals surface area contributed by atoms with Crippen LogP contribution in [0, 0.1) is 5.92 Å². The number of nitrogens with zero attached hydrogens (tertiary/aromatic N) is 6. The topological polar surface area (TPSA) is 232 Å². The van der Waals surface area contributed by atoms with Gasteiger partial charge < -0.3 is 46.1 Å². The molecule has 15 nitrogen and oxygen atoms in total. The molecule has 3 aromatic heterocycles. The number of H-pyrrole nitrogens is 1. The van der Waals surface area contributed by atoms with Crippen molar-refractivity contribution in [3.63, 3.8) is 0 Å². The quantitative estimate of drug-likeness (QED) is 0.0933. The molecule has 0 unspecified atom stereocenters. The zero-order chi connectivity index (χ0) is 32.1. The first-order valence-corrected chi connectivity index (χ1v) is 15.2. The van der Waals surface area contributed by atoms with E-state index in [1.807, 2.05) is 32.0 Å². The first kappa shape index (κ1) is 31.7. The number of aryl methyl sites for hydroxylation is 1. The zero-order valence-electron chi connectivity index (χ0n) is 25.4. The summed E-state index contributed by atoms with van der Waals surface area (Å²) in [7, 11) is 0. The maximum atomic E-state index is 11.2. The fraction of sp³-hybridized carbons (Fsp3) is 0.600. The van der Waals surface area contributed by atoms with Crippen molar-refractivity contribution in [2.75, 3.05) is 32.1 Å². The van der Waals surface area contributed by atoms with Crippen LogP contribution in [-0.2, 0) is 16.6 Å². The number of fused-ring (bicyclic) bond motifs is 2. The first-order valence-electron chi connectivity index (χ1n) is 15.2. The van der Waals surface area contributed by atoms with Crippen molar-refractivity contribution in [2.45, 2.75) is 81.3 Å². The fourth-order valence-corrected chi connectivity index (χ4v) is 6.48. The minimum atomic E-state index is -1.95. The molecular formula is C30H42N8O7. The molecule has 6 rings (SSSR count). The predicted octanol–water partition coefficient (Wildman–Crippen LogP) is -0.439. The van der Waals surface area contributed by atoms with Gasteiger partial charge in [0, 0.05) is 24.4 Å². The Balaban J connectivity index is 1.11. The number of benzene rings is 1. The third-order valence-corrected chi connectivity index (χ3v) is 9.56. The molecule has 0 bridgehead atoms. The molecule has 9 N–H and O–H groups in total. The molecule has 1 saturated carbocycles. The molecule has 0 amide bonds. The number of anilines is 1. The van der Waals surface area contributed by atoms with E-state index in [2.05, 4.69) is 19.9 Å². The van der Waals surface area contributed by atoms with Gasteiger partial charge in [0.15, 0.2) is 23.4 Å². The van der Waals surface area contributed by atoms with Gasteiger partial charge in [-0.1, -0.05) is 19.9 Å². The van der Waals surface area contributed by atoms with Gasteiger partial charge in [-0.15, -0.1) is 0 Å². The Labute approximate surface area is 259 Å². The molecule has 1 saturated heterocycles. The van der Waals surface area contributed by atoms with Crippen LogP contribution in [0.2, 0.25) is 0 Å². The number of nitrogen functional groups attached to an aromatic ring is 1. The Morgan fingerprint density at radius 2 is 1.82 bits per heavy atom. The van der Waals surface area contributed by atoms with Crippen molar-refractivity contribution >= 4 is 28.0 Å². The van der Waals surface area contributed by atoms with Crippen molar-refractivity contribution in [1.29, 1.82) is 0 Å². The summed E-state index contributed by atoms with van der Waals surface area (Å²) in [6.45, 7) is 2.52. The summed E-state index contributed by atoms with van der Waals surface area (Å²) >= 11 is 0. The molecule has 0 spiro atoms. The molecule has 1 aliphatic carbocycles. The average molecular weight is 627 g/mol. The van der Waals surface area contributed by atoms with Crippen molar-refractivity contribution < 1.29 is 35.4 Å². The van der Waals surface area contributed by atoms with Crippen LogP contribution in [-0.4, -0.2) is 121 Å². The highest BCUT2D eigenvalue weighted by Gasteiger charge is 2.50. The molecule has 4 aromatic rings. The minimum Gasteiger partial charge on any atom is -0.395 e. The van der Waals surface area contributed by atoms with Gasteiger partial charge in [-0.25, -0.2) is 19.9 Å². The van der Waals surface area contributed by atoms with Crippen LogP contribution in [0.25, 0.3) is 22.2 Å². The van der Waals surface area contributed by atoms with E-state index in [0.717, 1.165) is 35.3 Å². The van der Waals surface area contributed by atoms with E-state index in [9.17, 15) is 30.6 Å². The van der Waals surface area contributed by atoms with Crippen molar-refractivity contribution in [1.82, 2.24) is 34.4 Å². The average Bonchev–Trinajstić information content (AvgIpc) is 3.71. The van der Waals surface area contributed by atoms with E-state index < -0.39 is 43.5 Å². The number of ether oxygens (including phenoxy) is 1. The molecule has 244 valence electrons. The van der Waals surface area contributed by atoms with E-state index in [0.29, 0.717) is 29.9 Å². The lowest BCUT2D eigenvalue weighted by atomic mass is 9.75. The molecule has 45 heavy (non-hydrogen) atoms. The maximum absolute atomic E-state index is 11.2. The molecule has 4 heterocycles. The molecule has 1 aromatic carbocycles. The predicted molar refractivity (Wildman–Crippen MR) is 163 cm³/mol. The Kier molecular flexibility index (Phi) is 8.56. The Morgan fingerprint density at radius 3 is 2.53 bits per heavy atom. The van der Waals surface area contributed by atoms with E-state index in [1.54, 1.807) is 4.90 Å². The van der Waals surface area contributed by atoms with Crippen LogP contribution in [0.4, 0.5) is 5.82 Å². The number of rotatable bonds is 12. The van der Waals surface area contributed by atoms with Crippen molar-refractivity contribution in [3.05, 3.63) is 42.2 Å². The lowest BCUT2D eigenvalue weighted by Crippen LogP contribution is -2.63. The SMILES string of the molecule is CC(C)(CO)c1ccc2nc(CCC3CC(N(C[C@H]4O[C@@H](n5cnc6c(N)ncnc65)[C@H](O)[C@@H]4O)C(O)(CO)CO)C3)[nH]c2c1. The second-order valence-corrected chi connectivity index (χ2v) is 13.1. The molecule has 4 atom stereocenters. The third-order valence-electron chi connectivity index (χ3n) is 9.56. The standard InChI is InChI=1S/C30H42N8O7/c1-29(2,11-39)17-4-5-19-20(9-17)36-22(35-19)6-3-16-7-18(8-16)38(30(44,12-40)13-41)10-21-24(42)25(43)28(45-21)37-15-34-23-26(31)32-14-33-27(23)37/h4-5,9,14-16,18,21,24-25,28,39-44H,3,6-8,10-13H2,1-2H3,(H,35,36)(H2,31,32,33)/t16?,18?,21-,24-,25-,28-/m1/s1. The van der Waals surface area contributed by atoms with Gasteiger partial charge >= 0.3 is 0 Å². The van der Waals surface area contributed by atoms with Gasteiger partial charge in [0.05, 0.1) is 37.2 Å². The smallest absolute Gasteiger partial charge is 0.167 e. The summed E-state index contributed by atoms with van der Waals surface area (Å²) in [5.74, 6) is 1.35. The Bertz CT molecular complexity index is 1630.